The SMILES string of the molecule is O=S(=O)(c1ccc(NCCc2ccc(Cl)cc2Cl)nc1)N1CCOCC1. The lowest BCUT2D eigenvalue weighted by Crippen LogP contribution is -2.40. The molecule has 2 heterocycles. The van der Waals surface area contributed by atoms with Crippen LogP contribution >= 0.6 is 23.2 Å². The van der Waals surface area contributed by atoms with Crippen molar-refractivity contribution in [2.24, 2.45) is 0 Å². The third kappa shape index (κ3) is 4.66. The second kappa shape index (κ2) is 8.54. The Bertz CT molecular complexity index is 854. The van der Waals surface area contributed by atoms with Crippen LogP contribution in [0, 0.1) is 0 Å². The normalized spacial score (nSPS) is 15.8. The molecule has 0 saturated carbocycles. The van der Waals surface area contributed by atoms with Crippen molar-refractivity contribution in [3.8, 4) is 0 Å². The van der Waals surface area contributed by atoms with E-state index in [1.54, 1.807) is 24.3 Å². The predicted octanol–water partition coefficient (Wildman–Crippen LogP) is 3.06. The molecule has 3 rings (SSSR count). The Morgan fingerprint density at radius 3 is 2.58 bits per heavy atom. The van der Waals surface area contributed by atoms with Crippen molar-refractivity contribution in [3.63, 3.8) is 0 Å². The summed E-state index contributed by atoms with van der Waals surface area (Å²) in [6, 6.07) is 8.62. The van der Waals surface area contributed by atoms with Gasteiger partial charge in [0.25, 0.3) is 0 Å². The van der Waals surface area contributed by atoms with Crippen LogP contribution in [0.15, 0.2) is 41.4 Å². The Morgan fingerprint density at radius 1 is 1.15 bits per heavy atom. The molecule has 1 N–H and O–H groups in total. The highest BCUT2D eigenvalue weighted by Crippen LogP contribution is 2.22. The first-order valence-corrected chi connectivity index (χ1v) is 10.4. The van der Waals surface area contributed by atoms with Gasteiger partial charge in [-0.25, -0.2) is 13.4 Å². The van der Waals surface area contributed by atoms with Gasteiger partial charge in [0, 0.05) is 35.9 Å². The number of sulfonamides is 1. The molecule has 26 heavy (non-hydrogen) atoms. The lowest BCUT2D eigenvalue weighted by Gasteiger charge is -2.25. The predicted molar refractivity (Wildman–Crippen MR) is 102 cm³/mol. The molecule has 6 nitrogen and oxygen atoms in total. The molecule has 1 aliphatic rings. The molecule has 2 aromatic rings. The monoisotopic (exact) mass is 415 g/mol. The summed E-state index contributed by atoms with van der Waals surface area (Å²) in [5.74, 6) is 0.607. The third-order valence-electron chi connectivity index (χ3n) is 4.06. The van der Waals surface area contributed by atoms with Gasteiger partial charge in [-0.2, -0.15) is 4.31 Å². The van der Waals surface area contributed by atoms with E-state index >= 15 is 0 Å². The van der Waals surface area contributed by atoms with Gasteiger partial charge in [-0.1, -0.05) is 29.3 Å². The summed E-state index contributed by atoms with van der Waals surface area (Å²) >= 11 is 12.0. The van der Waals surface area contributed by atoms with Gasteiger partial charge in [0.1, 0.15) is 10.7 Å². The Labute approximate surface area is 163 Å². The molecule has 0 unspecified atom stereocenters. The topological polar surface area (TPSA) is 71.5 Å². The number of hydrogen-bond acceptors (Lipinski definition) is 5. The number of aromatic nitrogens is 1. The van der Waals surface area contributed by atoms with E-state index in [9.17, 15) is 8.42 Å². The van der Waals surface area contributed by atoms with Crippen molar-refractivity contribution in [2.45, 2.75) is 11.3 Å². The van der Waals surface area contributed by atoms with Crippen LogP contribution in [0.5, 0.6) is 0 Å². The van der Waals surface area contributed by atoms with Gasteiger partial charge in [0.2, 0.25) is 10.0 Å². The second-order valence-corrected chi connectivity index (χ2v) is 8.59. The number of nitrogens with one attached hydrogen (secondary N) is 1. The molecule has 1 aliphatic heterocycles. The molecule has 0 atom stereocenters. The van der Waals surface area contributed by atoms with Gasteiger partial charge in [-0.3, -0.25) is 0 Å². The summed E-state index contributed by atoms with van der Waals surface area (Å²) in [6.07, 6.45) is 2.08. The maximum Gasteiger partial charge on any atom is 0.244 e. The Balaban J connectivity index is 1.59. The summed E-state index contributed by atoms with van der Waals surface area (Å²) in [5.41, 5.74) is 0.982. The van der Waals surface area contributed by atoms with Crippen LogP contribution in [0.25, 0.3) is 0 Å². The molecule has 1 aromatic heterocycles. The average Bonchev–Trinajstić information content (AvgIpc) is 2.65. The number of morpholine rings is 1. The maximum absolute atomic E-state index is 12.5. The van der Waals surface area contributed by atoms with E-state index in [1.165, 1.54) is 10.5 Å². The van der Waals surface area contributed by atoms with Gasteiger partial charge >= 0.3 is 0 Å². The Morgan fingerprint density at radius 2 is 1.92 bits per heavy atom. The van der Waals surface area contributed by atoms with Crippen molar-refractivity contribution >= 4 is 39.0 Å². The van der Waals surface area contributed by atoms with Crippen LogP contribution in [0.4, 0.5) is 5.82 Å². The summed E-state index contributed by atoms with van der Waals surface area (Å²) in [7, 11) is -3.52. The van der Waals surface area contributed by atoms with Crippen molar-refractivity contribution < 1.29 is 13.2 Å². The molecule has 1 saturated heterocycles. The molecule has 140 valence electrons. The average molecular weight is 416 g/mol. The van der Waals surface area contributed by atoms with E-state index in [4.69, 9.17) is 27.9 Å². The van der Waals surface area contributed by atoms with Crippen molar-refractivity contribution in [2.75, 3.05) is 38.2 Å². The Hall–Kier alpha value is -1.38. The van der Waals surface area contributed by atoms with Gasteiger partial charge < -0.3 is 10.1 Å². The summed E-state index contributed by atoms with van der Waals surface area (Å²) in [5, 5.41) is 4.39. The lowest BCUT2D eigenvalue weighted by atomic mass is 10.1. The maximum atomic E-state index is 12.5. The van der Waals surface area contributed by atoms with Gasteiger partial charge in [-0.15, -0.1) is 0 Å². The van der Waals surface area contributed by atoms with Crippen LogP contribution in [-0.4, -0.2) is 50.6 Å². The molecule has 9 heteroatoms. The number of benzene rings is 1. The van der Waals surface area contributed by atoms with Crippen LogP contribution in [0.2, 0.25) is 10.0 Å². The standard InChI is InChI=1S/C17H19Cl2N3O3S/c18-14-2-1-13(16(19)11-14)5-6-20-17-4-3-15(12-21-17)26(23,24)22-7-9-25-10-8-22/h1-4,11-12H,5-10H2,(H,20,21). The lowest BCUT2D eigenvalue weighted by molar-refractivity contribution is 0.0730. The van der Waals surface area contributed by atoms with Crippen LogP contribution in [0.1, 0.15) is 5.56 Å². The number of hydrogen-bond donors (Lipinski definition) is 1. The quantitative estimate of drug-likeness (QED) is 0.784. The van der Waals surface area contributed by atoms with Crippen molar-refractivity contribution in [1.82, 2.24) is 9.29 Å². The molecule has 1 aromatic carbocycles. The zero-order valence-electron chi connectivity index (χ0n) is 14.0. The molecule has 0 amide bonds. The third-order valence-corrected chi connectivity index (χ3v) is 6.53. The molecule has 0 bridgehead atoms. The van der Waals surface area contributed by atoms with E-state index < -0.39 is 10.0 Å². The number of rotatable bonds is 6. The number of anilines is 1. The van der Waals surface area contributed by atoms with Crippen molar-refractivity contribution in [3.05, 3.63) is 52.1 Å². The van der Waals surface area contributed by atoms with Gasteiger partial charge in [-0.05, 0) is 36.2 Å². The molecule has 0 radical (unpaired) electrons. The number of pyridine rings is 1. The summed E-state index contributed by atoms with van der Waals surface area (Å²) in [6.45, 7) is 2.18. The fourth-order valence-electron chi connectivity index (χ4n) is 2.62. The zero-order chi connectivity index (χ0) is 18.6. The molecule has 1 fully saturated rings. The first-order valence-electron chi connectivity index (χ1n) is 8.18. The fourth-order valence-corrected chi connectivity index (χ4v) is 4.48. The van der Waals surface area contributed by atoms with Crippen LogP contribution < -0.4 is 5.32 Å². The first-order chi connectivity index (χ1) is 12.5. The largest absolute Gasteiger partial charge is 0.379 e. The zero-order valence-corrected chi connectivity index (χ0v) is 16.3. The van der Waals surface area contributed by atoms with E-state index in [1.807, 2.05) is 6.07 Å². The van der Waals surface area contributed by atoms with Crippen molar-refractivity contribution in [1.29, 1.82) is 0 Å². The highest BCUT2D eigenvalue weighted by Gasteiger charge is 2.26. The summed E-state index contributed by atoms with van der Waals surface area (Å²) in [4.78, 5) is 4.39. The minimum absolute atomic E-state index is 0.186. The number of halogens is 2. The van der Waals surface area contributed by atoms with E-state index in [0.29, 0.717) is 55.1 Å². The van der Waals surface area contributed by atoms with Crippen LogP contribution in [0.3, 0.4) is 0 Å². The van der Waals surface area contributed by atoms with Crippen LogP contribution in [-0.2, 0) is 21.2 Å². The van der Waals surface area contributed by atoms with E-state index in [2.05, 4.69) is 10.3 Å². The van der Waals surface area contributed by atoms with E-state index in [-0.39, 0.29) is 4.90 Å². The van der Waals surface area contributed by atoms with Gasteiger partial charge in [0.05, 0.1) is 13.2 Å². The smallest absolute Gasteiger partial charge is 0.244 e. The molecule has 0 aliphatic carbocycles. The molecule has 0 spiro atoms. The molecular weight excluding hydrogens is 397 g/mol. The first kappa shape index (κ1) is 19.4. The molecular formula is C17H19Cl2N3O3S. The fraction of sp³-hybridized carbons (Fsp3) is 0.353. The van der Waals surface area contributed by atoms with E-state index in [0.717, 1.165) is 5.56 Å². The number of nitrogens with zero attached hydrogens (tertiary/aromatic N) is 2. The summed E-state index contributed by atoms with van der Waals surface area (Å²) < 4.78 is 31.7. The highest BCUT2D eigenvalue weighted by molar-refractivity contribution is 7.89. The number of ether oxygens (including phenoxy) is 1. The minimum Gasteiger partial charge on any atom is -0.379 e. The Kier molecular flexibility index (Phi) is 6.37. The minimum atomic E-state index is -3.52. The highest BCUT2D eigenvalue weighted by atomic mass is 35.5. The second-order valence-electron chi connectivity index (χ2n) is 5.81. The van der Waals surface area contributed by atoms with Gasteiger partial charge in [0.15, 0.2) is 0 Å².